The highest BCUT2D eigenvalue weighted by Crippen LogP contribution is 2.35. The van der Waals surface area contributed by atoms with Crippen LogP contribution in [0, 0.1) is 0 Å². The summed E-state index contributed by atoms with van der Waals surface area (Å²) in [5, 5.41) is 11.1. The Labute approximate surface area is 82.4 Å². The molecule has 1 saturated carbocycles. The van der Waals surface area contributed by atoms with Crippen LogP contribution < -0.4 is 5.32 Å². The number of ether oxygens (including phenoxy) is 1. The summed E-state index contributed by atoms with van der Waals surface area (Å²) in [4.78, 5) is 21.9. The first kappa shape index (κ1) is 10.8. The van der Waals surface area contributed by atoms with E-state index < -0.39 is 17.6 Å². The van der Waals surface area contributed by atoms with Crippen LogP contribution in [0.15, 0.2) is 0 Å². The Morgan fingerprint density at radius 2 is 2.14 bits per heavy atom. The molecular weight excluding hydrogens is 186 g/mol. The second-order valence-electron chi connectivity index (χ2n) is 3.64. The highest BCUT2D eigenvalue weighted by molar-refractivity contribution is 5.87. The Morgan fingerprint density at radius 3 is 2.50 bits per heavy atom. The average Bonchev–Trinajstić information content (AvgIpc) is 2.85. The van der Waals surface area contributed by atoms with Gasteiger partial charge in [-0.15, -0.1) is 0 Å². The van der Waals surface area contributed by atoms with E-state index in [2.05, 4.69) is 5.32 Å². The SMILES string of the molecule is CCC(C)OC(=O)NC1(C(=O)O)CC1. The normalized spacial score (nSPS) is 19.6. The molecule has 1 aliphatic carbocycles. The molecule has 1 amide bonds. The zero-order valence-corrected chi connectivity index (χ0v) is 8.37. The van der Waals surface area contributed by atoms with Gasteiger partial charge in [-0.05, 0) is 26.2 Å². The Kier molecular flexibility index (Phi) is 2.98. The molecule has 0 aliphatic heterocycles. The van der Waals surface area contributed by atoms with Crippen LogP contribution in [-0.2, 0) is 9.53 Å². The van der Waals surface area contributed by atoms with E-state index in [9.17, 15) is 9.59 Å². The largest absolute Gasteiger partial charge is 0.480 e. The van der Waals surface area contributed by atoms with Crippen LogP contribution in [0.5, 0.6) is 0 Å². The summed E-state index contributed by atoms with van der Waals surface area (Å²) in [6.07, 6.45) is 0.863. The van der Waals surface area contributed by atoms with Crippen LogP contribution >= 0.6 is 0 Å². The number of carboxylic acids is 1. The van der Waals surface area contributed by atoms with Gasteiger partial charge in [-0.2, -0.15) is 0 Å². The second kappa shape index (κ2) is 3.86. The molecule has 0 bridgehead atoms. The third-order valence-corrected chi connectivity index (χ3v) is 2.38. The van der Waals surface area contributed by atoms with Crippen molar-refractivity contribution >= 4 is 12.1 Å². The van der Waals surface area contributed by atoms with E-state index in [0.717, 1.165) is 0 Å². The minimum Gasteiger partial charge on any atom is -0.480 e. The highest BCUT2D eigenvalue weighted by atomic mass is 16.6. The third kappa shape index (κ3) is 2.37. The monoisotopic (exact) mass is 201 g/mol. The lowest BCUT2D eigenvalue weighted by Gasteiger charge is -2.15. The molecule has 5 heteroatoms. The van der Waals surface area contributed by atoms with Gasteiger partial charge in [-0.3, -0.25) is 0 Å². The van der Waals surface area contributed by atoms with E-state index in [-0.39, 0.29) is 6.10 Å². The molecule has 0 heterocycles. The molecular formula is C9H15NO4. The van der Waals surface area contributed by atoms with Crippen LogP contribution in [0.3, 0.4) is 0 Å². The summed E-state index contributed by atoms with van der Waals surface area (Å²) in [5.74, 6) is -0.987. The van der Waals surface area contributed by atoms with Gasteiger partial charge in [0.25, 0.3) is 0 Å². The first-order chi connectivity index (χ1) is 6.50. The molecule has 0 aromatic heterocycles. The van der Waals surface area contributed by atoms with Crippen molar-refractivity contribution in [3.63, 3.8) is 0 Å². The number of carboxylic acid groups (broad SMARTS) is 1. The quantitative estimate of drug-likeness (QED) is 0.714. The number of hydrogen-bond donors (Lipinski definition) is 2. The van der Waals surface area contributed by atoms with Crippen LogP contribution in [0.4, 0.5) is 4.79 Å². The standard InChI is InChI=1S/C9H15NO4/c1-3-6(2)14-8(13)10-9(4-5-9)7(11)12/h6H,3-5H2,1-2H3,(H,10,13)(H,11,12). The summed E-state index contributed by atoms with van der Waals surface area (Å²) in [5.41, 5.74) is -1.05. The van der Waals surface area contributed by atoms with Gasteiger partial charge in [0.05, 0.1) is 0 Å². The molecule has 0 saturated heterocycles. The Bertz CT molecular complexity index is 247. The van der Waals surface area contributed by atoms with E-state index in [4.69, 9.17) is 9.84 Å². The molecule has 0 aromatic rings. The van der Waals surface area contributed by atoms with Crippen molar-refractivity contribution < 1.29 is 19.4 Å². The van der Waals surface area contributed by atoms with Crippen LogP contribution in [0.2, 0.25) is 0 Å². The van der Waals surface area contributed by atoms with E-state index in [1.54, 1.807) is 6.92 Å². The number of nitrogens with one attached hydrogen (secondary N) is 1. The fourth-order valence-electron chi connectivity index (χ4n) is 1.01. The molecule has 80 valence electrons. The molecule has 1 fully saturated rings. The maximum Gasteiger partial charge on any atom is 0.408 e. The van der Waals surface area contributed by atoms with Crippen molar-refractivity contribution in [2.45, 2.75) is 44.8 Å². The zero-order valence-electron chi connectivity index (χ0n) is 8.37. The van der Waals surface area contributed by atoms with Crippen LogP contribution in [-0.4, -0.2) is 28.8 Å². The average molecular weight is 201 g/mol. The third-order valence-electron chi connectivity index (χ3n) is 2.38. The molecule has 0 radical (unpaired) electrons. The summed E-state index contributed by atoms with van der Waals surface area (Å²) in [6, 6.07) is 0. The zero-order chi connectivity index (χ0) is 10.8. The number of hydrogen-bond acceptors (Lipinski definition) is 3. The number of rotatable bonds is 4. The molecule has 14 heavy (non-hydrogen) atoms. The predicted molar refractivity (Wildman–Crippen MR) is 49.0 cm³/mol. The molecule has 1 rings (SSSR count). The summed E-state index contributed by atoms with van der Waals surface area (Å²) >= 11 is 0. The molecule has 1 aliphatic rings. The molecule has 0 spiro atoms. The summed E-state index contributed by atoms with van der Waals surface area (Å²) < 4.78 is 4.91. The number of carbonyl (C=O) groups excluding carboxylic acids is 1. The smallest absolute Gasteiger partial charge is 0.408 e. The molecule has 0 aromatic carbocycles. The number of carbonyl (C=O) groups is 2. The summed E-state index contributed by atoms with van der Waals surface area (Å²) in [7, 11) is 0. The van der Waals surface area contributed by atoms with Crippen molar-refractivity contribution in [1.82, 2.24) is 5.32 Å². The minimum atomic E-state index is -1.05. The van der Waals surface area contributed by atoms with Gasteiger partial charge in [-0.1, -0.05) is 6.92 Å². The van der Waals surface area contributed by atoms with Crippen LogP contribution in [0.1, 0.15) is 33.1 Å². The minimum absolute atomic E-state index is 0.181. The van der Waals surface area contributed by atoms with Gasteiger partial charge in [-0.25, -0.2) is 9.59 Å². The first-order valence-electron chi connectivity index (χ1n) is 4.72. The number of alkyl carbamates (subject to hydrolysis) is 1. The lowest BCUT2D eigenvalue weighted by Crippen LogP contribution is -2.44. The number of aliphatic carboxylic acids is 1. The van der Waals surface area contributed by atoms with Crippen molar-refractivity contribution in [3.8, 4) is 0 Å². The summed E-state index contributed by atoms with van der Waals surface area (Å²) in [6.45, 7) is 3.65. The van der Waals surface area contributed by atoms with Gasteiger partial charge in [0.2, 0.25) is 0 Å². The molecule has 1 atom stereocenters. The van der Waals surface area contributed by atoms with Crippen molar-refractivity contribution in [2.75, 3.05) is 0 Å². The lowest BCUT2D eigenvalue weighted by atomic mass is 10.3. The van der Waals surface area contributed by atoms with E-state index in [1.807, 2.05) is 6.92 Å². The molecule has 2 N–H and O–H groups in total. The van der Waals surface area contributed by atoms with Crippen molar-refractivity contribution in [2.24, 2.45) is 0 Å². The topological polar surface area (TPSA) is 75.6 Å². The second-order valence-corrected chi connectivity index (χ2v) is 3.64. The van der Waals surface area contributed by atoms with Gasteiger partial charge in [0.1, 0.15) is 11.6 Å². The fourth-order valence-corrected chi connectivity index (χ4v) is 1.01. The van der Waals surface area contributed by atoms with E-state index in [0.29, 0.717) is 19.3 Å². The van der Waals surface area contributed by atoms with E-state index >= 15 is 0 Å². The Balaban J connectivity index is 2.38. The van der Waals surface area contributed by atoms with Gasteiger partial charge in [0, 0.05) is 0 Å². The predicted octanol–water partition coefficient (Wildman–Crippen LogP) is 1.13. The van der Waals surface area contributed by atoms with Gasteiger partial charge in [0.15, 0.2) is 0 Å². The van der Waals surface area contributed by atoms with Crippen molar-refractivity contribution in [1.29, 1.82) is 0 Å². The lowest BCUT2D eigenvalue weighted by molar-refractivity contribution is -0.140. The number of amides is 1. The maximum absolute atomic E-state index is 11.2. The van der Waals surface area contributed by atoms with Gasteiger partial charge >= 0.3 is 12.1 Å². The fraction of sp³-hybridized carbons (Fsp3) is 0.778. The highest BCUT2D eigenvalue weighted by Gasteiger charge is 2.52. The van der Waals surface area contributed by atoms with Crippen molar-refractivity contribution in [3.05, 3.63) is 0 Å². The van der Waals surface area contributed by atoms with E-state index in [1.165, 1.54) is 0 Å². The van der Waals surface area contributed by atoms with Gasteiger partial charge < -0.3 is 15.2 Å². The molecule has 1 unspecified atom stereocenters. The Hall–Kier alpha value is -1.26. The Morgan fingerprint density at radius 1 is 1.57 bits per heavy atom. The maximum atomic E-state index is 11.2. The van der Waals surface area contributed by atoms with Crippen LogP contribution in [0.25, 0.3) is 0 Å². The first-order valence-corrected chi connectivity index (χ1v) is 4.72. The molecule has 5 nitrogen and oxygen atoms in total.